The molecule has 4 aromatic rings. The predicted octanol–water partition coefficient (Wildman–Crippen LogP) is 3.03. The number of hydrogen-bond acceptors (Lipinski definition) is 9. The number of rotatable bonds is 6. The van der Waals surface area contributed by atoms with E-state index < -0.39 is 4.92 Å². The number of nitro benzene ring substituents is 1. The van der Waals surface area contributed by atoms with Crippen LogP contribution < -0.4 is 16.4 Å². The third-order valence-electron chi connectivity index (χ3n) is 3.90. The Bertz CT molecular complexity index is 1160. The summed E-state index contributed by atoms with van der Waals surface area (Å²) in [7, 11) is 0. The van der Waals surface area contributed by atoms with Crippen molar-refractivity contribution in [2.45, 2.75) is 0 Å². The molecule has 0 spiro atoms. The third-order valence-corrected chi connectivity index (χ3v) is 3.90. The first-order valence-electron chi connectivity index (χ1n) is 8.47. The Hall–Kier alpha value is -4.54. The lowest BCUT2D eigenvalue weighted by Gasteiger charge is -2.07. The van der Waals surface area contributed by atoms with Crippen molar-refractivity contribution in [3.63, 3.8) is 0 Å². The molecule has 0 saturated carbocycles. The van der Waals surface area contributed by atoms with Gasteiger partial charge in [-0.05, 0) is 18.2 Å². The quantitative estimate of drug-likeness (QED) is 0.334. The smallest absolute Gasteiger partial charge is 0.292 e. The van der Waals surface area contributed by atoms with Gasteiger partial charge in [-0.3, -0.25) is 10.1 Å². The van der Waals surface area contributed by atoms with E-state index in [1.165, 1.54) is 17.1 Å². The molecule has 29 heavy (non-hydrogen) atoms. The molecule has 0 amide bonds. The van der Waals surface area contributed by atoms with Crippen molar-refractivity contribution in [3.8, 4) is 5.82 Å². The van der Waals surface area contributed by atoms with Crippen LogP contribution in [0, 0.1) is 10.1 Å². The van der Waals surface area contributed by atoms with Crippen LogP contribution in [0.4, 0.5) is 34.8 Å². The van der Waals surface area contributed by atoms with Crippen LogP contribution in [0.3, 0.4) is 0 Å². The summed E-state index contributed by atoms with van der Waals surface area (Å²) in [4.78, 5) is 23.1. The fourth-order valence-electron chi connectivity index (χ4n) is 2.61. The van der Waals surface area contributed by atoms with Crippen molar-refractivity contribution in [2.75, 3.05) is 16.4 Å². The first-order valence-corrected chi connectivity index (χ1v) is 8.47. The molecular formula is C18H15N9O2. The lowest BCUT2D eigenvalue weighted by molar-refractivity contribution is -0.383. The fourth-order valence-corrected chi connectivity index (χ4v) is 2.61. The molecule has 2 aromatic heterocycles. The standard InChI is InChI=1S/C18H15N9O2/c19-17-24-18(23-13-8-4-5-9-14(13)27(28)29)25-26(17)16-10-15(20-11-21-16)22-12-6-2-1-3-7-12/h1-11H,(H,20,21,22)(H3,19,23,24,25). The number of anilines is 5. The number of nitrogens with two attached hydrogens (primary N) is 1. The van der Waals surface area contributed by atoms with Crippen molar-refractivity contribution < 1.29 is 4.92 Å². The second-order valence-corrected chi connectivity index (χ2v) is 5.86. The number of aromatic nitrogens is 5. The van der Waals surface area contributed by atoms with Gasteiger partial charge in [0.25, 0.3) is 5.69 Å². The molecule has 0 aliphatic carbocycles. The Kier molecular flexibility index (Phi) is 4.68. The molecule has 4 rings (SSSR count). The van der Waals surface area contributed by atoms with Crippen LogP contribution in [0.2, 0.25) is 0 Å². The SMILES string of the molecule is Nc1nc(Nc2ccccc2[N+](=O)[O-])nn1-c1cc(Nc2ccccc2)ncn1. The zero-order chi connectivity index (χ0) is 20.2. The highest BCUT2D eigenvalue weighted by Gasteiger charge is 2.16. The van der Waals surface area contributed by atoms with Gasteiger partial charge >= 0.3 is 0 Å². The van der Waals surface area contributed by atoms with E-state index >= 15 is 0 Å². The molecule has 0 saturated heterocycles. The number of nitrogens with one attached hydrogen (secondary N) is 2. The van der Waals surface area contributed by atoms with E-state index in [1.807, 2.05) is 30.3 Å². The highest BCUT2D eigenvalue weighted by atomic mass is 16.6. The predicted molar refractivity (Wildman–Crippen MR) is 107 cm³/mol. The third kappa shape index (κ3) is 3.93. The second-order valence-electron chi connectivity index (χ2n) is 5.86. The molecule has 0 atom stereocenters. The Morgan fingerprint density at radius 3 is 2.55 bits per heavy atom. The number of hydrogen-bond donors (Lipinski definition) is 3. The van der Waals surface area contributed by atoms with Gasteiger partial charge in [0.2, 0.25) is 11.9 Å². The van der Waals surface area contributed by atoms with Gasteiger partial charge in [0.05, 0.1) is 4.92 Å². The molecule has 0 aliphatic heterocycles. The van der Waals surface area contributed by atoms with Crippen molar-refractivity contribution in [1.29, 1.82) is 0 Å². The van der Waals surface area contributed by atoms with E-state index in [4.69, 9.17) is 5.73 Å². The van der Waals surface area contributed by atoms with E-state index in [9.17, 15) is 10.1 Å². The fraction of sp³-hybridized carbons (Fsp3) is 0. The van der Waals surface area contributed by atoms with E-state index in [2.05, 4.69) is 30.7 Å². The van der Waals surface area contributed by atoms with Crippen molar-refractivity contribution in [3.05, 3.63) is 77.1 Å². The summed E-state index contributed by atoms with van der Waals surface area (Å²) in [5.41, 5.74) is 6.98. The number of nitro groups is 1. The van der Waals surface area contributed by atoms with Crippen LogP contribution in [0.25, 0.3) is 5.82 Å². The van der Waals surface area contributed by atoms with E-state index in [0.717, 1.165) is 5.69 Å². The second kappa shape index (κ2) is 7.60. The molecule has 4 N–H and O–H groups in total. The van der Waals surface area contributed by atoms with Crippen LogP contribution in [0.5, 0.6) is 0 Å². The minimum Gasteiger partial charge on any atom is -0.368 e. The summed E-state index contributed by atoms with van der Waals surface area (Å²) in [5, 5.41) is 21.4. The van der Waals surface area contributed by atoms with Crippen LogP contribution in [-0.4, -0.2) is 29.7 Å². The monoisotopic (exact) mass is 389 g/mol. The highest BCUT2D eigenvalue weighted by molar-refractivity contribution is 5.66. The largest absolute Gasteiger partial charge is 0.368 e. The molecule has 0 radical (unpaired) electrons. The molecule has 11 heteroatoms. The molecule has 0 unspecified atom stereocenters. The van der Waals surface area contributed by atoms with Crippen LogP contribution in [0.15, 0.2) is 67.0 Å². The molecule has 2 aromatic carbocycles. The highest BCUT2D eigenvalue weighted by Crippen LogP contribution is 2.26. The van der Waals surface area contributed by atoms with Crippen molar-refractivity contribution in [1.82, 2.24) is 24.7 Å². The molecule has 144 valence electrons. The topological polar surface area (TPSA) is 150 Å². The van der Waals surface area contributed by atoms with E-state index in [1.54, 1.807) is 24.3 Å². The average Bonchev–Trinajstić information content (AvgIpc) is 3.09. The van der Waals surface area contributed by atoms with Gasteiger partial charge in [-0.1, -0.05) is 30.3 Å². The maximum atomic E-state index is 11.2. The van der Waals surface area contributed by atoms with Gasteiger partial charge < -0.3 is 16.4 Å². The number of nitrogens with zero attached hydrogens (tertiary/aromatic N) is 6. The lowest BCUT2D eigenvalue weighted by Crippen LogP contribution is -2.06. The Balaban J connectivity index is 1.60. The summed E-state index contributed by atoms with van der Waals surface area (Å²) >= 11 is 0. The maximum absolute atomic E-state index is 11.2. The summed E-state index contributed by atoms with van der Waals surface area (Å²) in [5.74, 6) is 1.10. The minimum atomic E-state index is -0.491. The molecule has 0 bridgehead atoms. The summed E-state index contributed by atoms with van der Waals surface area (Å²) < 4.78 is 1.31. The first-order chi connectivity index (χ1) is 14.1. The average molecular weight is 389 g/mol. The van der Waals surface area contributed by atoms with Crippen LogP contribution >= 0.6 is 0 Å². The van der Waals surface area contributed by atoms with E-state index in [0.29, 0.717) is 11.6 Å². The Morgan fingerprint density at radius 1 is 1.00 bits per heavy atom. The van der Waals surface area contributed by atoms with Gasteiger partial charge in [0.1, 0.15) is 17.8 Å². The van der Waals surface area contributed by atoms with Crippen LogP contribution in [0.1, 0.15) is 0 Å². The summed E-state index contributed by atoms with van der Waals surface area (Å²) in [6, 6.07) is 17.4. The zero-order valence-electron chi connectivity index (χ0n) is 14.9. The maximum Gasteiger partial charge on any atom is 0.292 e. The Morgan fingerprint density at radius 2 is 1.76 bits per heavy atom. The molecular weight excluding hydrogens is 374 g/mol. The van der Waals surface area contributed by atoms with Crippen LogP contribution in [-0.2, 0) is 0 Å². The first kappa shape index (κ1) is 17.9. The van der Waals surface area contributed by atoms with E-state index in [-0.39, 0.29) is 23.3 Å². The summed E-state index contributed by atoms with van der Waals surface area (Å²) in [6.07, 6.45) is 1.37. The van der Waals surface area contributed by atoms with Gasteiger partial charge in [-0.25, -0.2) is 9.97 Å². The molecule has 0 aliphatic rings. The van der Waals surface area contributed by atoms with Gasteiger partial charge in [0.15, 0.2) is 5.82 Å². The number of nitrogen functional groups attached to an aromatic ring is 1. The van der Waals surface area contributed by atoms with Crippen molar-refractivity contribution in [2.24, 2.45) is 0 Å². The lowest BCUT2D eigenvalue weighted by atomic mass is 10.3. The molecule has 11 nitrogen and oxygen atoms in total. The summed E-state index contributed by atoms with van der Waals surface area (Å²) in [6.45, 7) is 0. The molecule has 0 fully saturated rings. The van der Waals surface area contributed by atoms with Gasteiger partial charge in [0, 0.05) is 17.8 Å². The minimum absolute atomic E-state index is 0.0652. The Labute approximate surface area is 164 Å². The number of benzene rings is 2. The zero-order valence-corrected chi connectivity index (χ0v) is 14.9. The molecule has 2 heterocycles. The normalized spacial score (nSPS) is 10.5. The van der Waals surface area contributed by atoms with Gasteiger partial charge in [-0.2, -0.15) is 9.67 Å². The number of para-hydroxylation sites is 3. The van der Waals surface area contributed by atoms with Gasteiger partial charge in [-0.15, -0.1) is 5.10 Å². The van der Waals surface area contributed by atoms with Crippen molar-refractivity contribution >= 4 is 34.8 Å².